The number of rotatable bonds is 4. The minimum Gasteiger partial charge on any atom is -0.287 e. The normalized spacial score (nSPS) is 11.7. The molecule has 0 amide bonds. The van der Waals surface area contributed by atoms with Crippen molar-refractivity contribution in [3.05, 3.63) is 53.1 Å². The van der Waals surface area contributed by atoms with Crippen molar-refractivity contribution in [3.8, 4) is 0 Å². The lowest BCUT2D eigenvalue weighted by atomic mass is 10.0. The lowest BCUT2D eigenvalue weighted by molar-refractivity contribution is -0.137. The van der Waals surface area contributed by atoms with E-state index in [-0.39, 0.29) is 5.69 Å². The van der Waals surface area contributed by atoms with Crippen LogP contribution in [-0.2, 0) is 12.7 Å². The van der Waals surface area contributed by atoms with E-state index in [1.54, 1.807) is 0 Å². The van der Waals surface area contributed by atoms with E-state index in [0.717, 1.165) is 0 Å². The minimum absolute atomic E-state index is 0.00736. The molecule has 1 aromatic heterocycles. The van der Waals surface area contributed by atoms with E-state index in [0.29, 0.717) is 31.2 Å². The molecule has 0 spiro atoms. The number of aromatic nitrogens is 2. The van der Waals surface area contributed by atoms with E-state index < -0.39 is 28.9 Å². The summed E-state index contributed by atoms with van der Waals surface area (Å²) in [5.74, 6) is -1.79. The average Bonchev–Trinajstić information content (AvgIpc) is 2.85. The van der Waals surface area contributed by atoms with Crippen molar-refractivity contribution in [2.45, 2.75) is 26.1 Å². The molecular formula is C14H12F4N2O. The van der Waals surface area contributed by atoms with Gasteiger partial charge in [-0.05, 0) is 30.7 Å². The van der Waals surface area contributed by atoms with Crippen molar-refractivity contribution < 1.29 is 22.4 Å². The molecule has 2 aromatic rings. The van der Waals surface area contributed by atoms with E-state index in [9.17, 15) is 22.4 Å². The second-order valence-electron chi connectivity index (χ2n) is 4.46. The Bertz CT molecular complexity index is 661. The third-order valence-corrected chi connectivity index (χ3v) is 2.92. The van der Waals surface area contributed by atoms with Crippen LogP contribution in [-0.4, -0.2) is 15.6 Å². The lowest BCUT2D eigenvalue weighted by Crippen LogP contribution is -2.17. The first kappa shape index (κ1) is 15.2. The van der Waals surface area contributed by atoms with Gasteiger partial charge in [-0.1, -0.05) is 6.92 Å². The summed E-state index contributed by atoms with van der Waals surface area (Å²) in [6.45, 7) is 2.24. The van der Waals surface area contributed by atoms with Gasteiger partial charge in [-0.15, -0.1) is 0 Å². The number of hydrogen-bond acceptors (Lipinski definition) is 2. The van der Waals surface area contributed by atoms with Gasteiger partial charge in [-0.3, -0.25) is 9.48 Å². The molecule has 0 N–H and O–H groups in total. The van der Waals surface area contributed by atoms with Crippen LogP contribution in [0.2, 0.25) is 0 Å². The summed E-state index contributed by atoms with van der Waals surface area (Å²) in [6, 6.07) is 3.18. The van der Waals surface area contributed by atoms with Crippen molar-refractivity contribution in [2.75, 3.05) is 0 Å². The molecule has 1 aromatic carbocycles. The van der Waals surface area contributed by atoms with Crippen LogP contribution in [0.1, 0.15) is 35.0 Å². The largest absolute Gasteiger partial charge is 0.417 e. The molecule has 3 nitrogen and oxygen atoms in total. The van der Waals surface area contributed by atoms with Gasteiger partial charge in [0.1, 0.15) is 11.5 Å². The van der Waals surface area contributed by atoms with Crippen LogP contribution in [0.4, 0.5) is 17.6 Å². The topological polar surface area (TPSA) is 34.9 Å². The summed E-state index contributed by atoms with van der Waals surface area (Å²) >= 11 is 0. The lowest BCUT2D eigenvalue weighted by Gasteiger charge is -2.12. The maximum Gasteiger partial charge on any atom is 0.417 e. The molecule has 0 fully saturated rings. The summed E-state index contributed by atoms with van der Waals surface area (Å²) < 4.78 is 53.4. The number of hydrogen-bond donors (Lipinski definition) is 0. The van der Waals surface area contributed by atoms with Crippen LogP contribution in [0.3, 0.4) is 0 Å². The number of benzene rings is 1. The van der Waals surface area contributed by atoms with Crippen molar-refractivity contribution in [2.24, 2.45) is 0 Å². The predicted octanol–water partition coefficient (Wildman–Crippen LogP) is 3.68. The molecule has 1 heterocycles. The van der Waals surface area contributed by atoms with Crippen LogP contribution >= 0.6 is 0 Å². The highest BCUT2D eigenvalue weighted by atomic mass is 19.4. The Hall–Kier alpha value is -2.18. The summed E-state index contributed by atoms with van der Waals surface area (Å²) in [5.41, 5.74) is -1.86. The standard InChI is InChI=1S/C14H12F4N2O/c1-2-7-20-12(5-6-19-20)13(21)10-8-9(15)3-4-11(10)14(16,17)18/h3-6,8H,2,7H2,1H3. The fraction of sp³-hybridized carbons (Fsp3) is 0.286. The van der Waals surface area contributed by atoms with Crippen LogP contribution in [0.5, 0.6) is 0 Å². The number of ketones is 1. The SMILES string of the molecule is CCCn1nccc1C(=O)c1cc(F)ccc1C(F)(F)F. The molecule has 0 unspecified atom stereocenters. The Labute approximate surface area is 118 Å². The minimum atomic E-state index is -4.73. The van der Waals surface area contributed by atoms with Crippen LogP contribution in [0.15, 0.2) is 30.5 Å². The van der Waals surface area contributed by atoms with Crippen molar-refractivity contribution >= 4 is 5.78 Å². The monoisotopic (exact) mass is 300 g/mol. The van der Waals surface area contributed by atoms with E-state index in [1.807, 2.05) is 6.92 Å². The Balaban J connectivity index is 2.52. The second kappa shape index (κ2) is 5.67. The average molecular weight is 300 g/mol. The fourth-order valence-electron chi connectivity index (χ4n) is 2.01. The number of alkyl halides is 3. The number of carbonyl (C=O) groups is 1. The molecule has 0 atom stereocenters. The maximum absolute atomic E-state index is 13.2. The van der Waals surface area contributed by atoms with Gasteiger partial charge in [0.2, 0.25) is 5.78 Å². The van der Waals surface area contributed by atoms with E-state index >= 15 is 0 Å². The number of aryl methyl sites for hydroxylation is 1. The van der Waals surface area contributed by atoms with Crippen LogP contribution in [0, 0.1) is 5.82 Å². The molecule has 0 aliphatic heterocycles. The van der Waals surface area contributed by atoms with E-state index in [1.165, 1.54) is 16.9 Å². The third kappa shape index (κ3) is 3.12. The quantitative estimate of drug-likeness (QED) is 0.637. The molecule has 112 valence electrons. The first-order valence-corrected chi connectivity index (χ1v) is 6.28. The number of nitrogens with zero attached hydrogens (tertiary/aromatic N) is 2. The fourth-order valence-corrected chi connectivity index (χ4v) is 2.01. The summed E-state index contributed by atoms with van der Waals surface area (Å²) in [6.07, 6.45) is -2.74. The van der Waals surface area contributed by atoms with E-state index in [2.05, 4.69) is 5.10 Å². The zero-order valence-electron chi connectivity index (χ0n) is 11.1. The molecule has 0 aliphatic carbocycles. The Morgan fingerprint density at radius 3 is 2.62 bits per heavy atom. The highest BCUT2D eigenvalue weighted by Gasteiger charge is 2.36. The van der Waals surface area contributed by atoms with Crippen LogP contribution in [0.25, 0.3) is 0 Å². The molecule has 7 heteroatoms. The summed E-state index contributed by atoms with van der Waals surface area (Å²) in [4.78, 5) is 12.3. The molecule has 0 aliphatic rings. The van der Waals surface area contributed by atoms with Crippen molar-refractivity contribution in [3.63, 3.8) is 0 Å². The summed E-state index contributed by atoms with van der Waals surface area (Å²) in [7, 11) is 0. The predicted molar refractivity (Wildman–Crippen MR) is 67.4 cm³/mol. The van der Waals surface area contributed by atoms with Crippen molar-refractivity contribution in [1.82, 2.24) is 9.78 Å². The molecule has 21 heavy (non-hydrogen) atoms. The first-order chi connectivity index (χ1) is 9.84. The van der Waals surface area contributed by atoms with E-state index in [4.69, 9.17) is 0 Å². The van der Waals surface area contributed by atoms with Gasteiger partial charge in [-0.25, -0.2) is 4.39 Å². The van der Waals surface area contributed by atoms with Gasteiger partial charge >= 0.3 is 6.18 Å². The molecule has 0 saturated carbocycles. The Kier molecular flexibility index (Phi) is 4.11. The molecule has 0 saturated heterocycles. The molecule has 0 bridgehead atoms. The van der Waals surface area contributed by atoms with Gasteiger partial charge in [0.25, 0.3) is 0 Å². The first-order valence-electron chi connectivity index (χ1n) is 6.28. The van der Waals surface area contributed by atoms with Crippen LogP contribution < -0.4 is 0 Å². The van der Waals surface area contributed by atoms with Crippen molar-refractivity contribution in [1.29, 1.82) is 0 Å². The highest BCUT2D eigenvalue weighted by Crippen LogP contribution is 2.33. The highest BCUT2D eigenvalue weighted by molar-refractivity contribution is 6.09. The second-order valence-corrected chi connectivity index (χ2v) is 4.46. The van der Waals surface area contributed by atoms with Gasteiger partial charge in [0.15, 0.2) is 0 Å². The zero-order chi connectivity index (χ0) is 15.6. The zero-order valence-corrected chi connectivity index (χ0v) is 11.1. The molecule has 2 rings (SSSR count). The summed E-state index contributed by atoms with van der Waals surface area (Å²) in [5, 5.41) is 3.89. The number of halogens is 4. The molecular weight excluding hydrogens is 288 g/mol. The van der Waals surface area contributed by atoms with Gasteiger partial charge < -0.3 is 0 Å². The van der Waals surface area contributed by atoms with Gasteiger partial charge in [0.05, 0.1) is 5.56 Å². The van der Waals surface area contributed by atoms with Gasteiger partial charge in [-0.2, -0.15) is 18.3 Å². The number of carbonyl (C=O) groups excluding carboxylic acids is 1. The molecule has 0 radical (unpaired) electrons. The smallest absolute Gasteiger partial charge is 0.287 e. The van der Waals surface area contributed by atoms with Gasteiger partial charge in [0, 0.05) is 18.3 Å². The Morgan fingerprint density at radius 2 is 2.00 bits per heavy atom. The maximum atomic E-state index is 13.2. The third-order valence-electron chi connectivity index (χ3n) is 2.92. The Morgan fingerprint density at radius 1 is 1.29 bits per heavy atom.